The minimum absolute atomic E-state index is 0. The van der Waals surface area contributed by atoms with Crippen LogP contribution in [0, 0.1) is 5.82 Å². The first-order valence-corrected chi connectivity index (χ1v) is 5.07. The molecule has 0 aliphatic carbocycles. The molecule has 1 heterocycles. The highest BCUT2D eigenvalue weighted by Gasteiger charge is 2.44. The molecule has 0 saturated heterocycles. The van der Waals surface area contributed by atoms with Gasteiger partial charge in [0.25, 0.3) is 5.66 Å². The quantitative estimate of drug-likeness (QED) is 0.362. The van der Waals surface area contributed by atoms with Crippen LogP contribution in [0.5, 0.6) is 0 Å². The number of esters is 1. The molecule has 0 bridgehead atoms. The van der Waals surface area contributed by atoms with Gasteiger partial charge in [0.2, 0.25) is 6.20 Å². The lowest BCUT2D eigenvalue weighted by Gasteiger charge is -2.16. The lowest BCUT2D eigenvalue weighted by molar-refractivity contribution is -0.745. The summed E-state index contributed by atoms with van der Waals surface area (Å²) in [5, 5.41) is 0. The zero-order chi connectivity index (χ0) is 13.1. The van der Waals surface area contributed by atoms with Gasteiger partial charge in [-0.1, -0.05) is 0 Å². The number of hydrogen-bond acceptors (Lipinski definition) is 4. The van der Waals surface area contributed by atoms with E-state index in [0.717, 1.165) is 10.8 Å². The first-order valence-electron chi connectivity index (χ1n) is 5.07. The molecule has 0 spiro atoms. The molecule has 18 heavy (non-hydrogen) atoms. The second kappa shape index (κ2) is 6.55. The van der Waals surface area contributed by atoms with Crippen molar-refractivity contribution in [3.63, 3.8) is 0 Å². The number of hydrogen-bond donors (Lipinski definition) is 1. The Morgan fingerprint density at radius 1 is 1.56 bits per heavy atom. The Kier molecular flexibility index (Phi) is 6.07. The van der Waals surface area contributed by atoms with Crippen LogP contribution in [0.25, 0.3) is 0 Å². The SMILES string of the molecule is CCOC(=O)C(=O)C(C)(N)[n+]1cccc(F)c1.[Br-]. The summed E-state index contributed by atoms with van der Waals surface area (Å²) < 4.78 is 18.7. The van der Waals surface area contributed by atoms with Gasteiger partial charge in [-0.2, -0.15) is 4.57 Å². The van der Waals surface area contributed by atoms with Gasteiger partial charge in [0.1, 0.15) is 0 Å². The molecule has 0 fully saturated rings. The highest BCUT2D eigenvalue weighted by molar-refractivity contribution is 6.35. The number of ether oxygens (including phenoxy) is 1. The summed E-state index contributed by atoms with van der Waals surface area (Å²) in [6.45, 7) is 2.97. The van der Waals surface area contributed by atoms with E-state index < -0.39 is 23.2 Å². The van der Waals surface area contributed by atoms with Gasteiger partial charge in [0.05, 0.1) is 6.61 Å². The first-order chi connectivity index (χ1) is 7.89. The molecule has 7 heteroatoms. The van der Waals surface area contributed by atoms with E-state index in [0.29, 0.717) is 0 Å². The average Bonchev–Trinajstić information content (AvgIpc) is 2.28. The first kappa shape index (κ1) is 16.7. The van der Waals surface area contributed by atoms with E-state index in [1.165, 1.54) is 25.3 Å². The number of Topliss-reactive ketones (excluding diaryl/α,β-unsaturated/α-hetero) is 1. The monoisotopic (exact) mass is 320 g/mol. The lowest BCUT2D eigenvalue weighted by Crippen LogP contribution is -3.00. The second-order valence-corrected chi connectivity index (χ2v) is 3.63. The highest BCUT2D eigenvalue weighted by Crippen LogP contribution is 2.03. The van der Waals surface area contributed by atoms with Gasteiger partial charge in [0.15, 0.2) is 12.0 Å². The highest BCUT2D eigenvalue weighted by atomic mass is 79.9. The number of halogens is 2. The fraction of sp³-hybridized carbons (Fsp3) is 0.364. The Balaban J connectivity index is 0.00000289. The Morgan fingerprint density at radius 2 is 2.17 bits per heavy atom. The number of rotatable bonds is 4. The molecule has 5 nitrogen and oxygen atoms in total. The third-order valence-electron chi connectivity index (χ3n) is 2.22. The summed E-state index contributed by atoms with van der Waals surface area (Å²) in [6, 6.07) is 2.60. The molecule has 100 valence electrons. The van der Waals surface area contributed by atoms with Crippen molar-refractivity contribution in [3.8, 4) is 0 Å². The van der Waals surface area contributed by atoms with E-state index >= 15 is 0 Å². The summed E-state index contributed by atoms with van der Waals surface area (Å²) in [5.74, 6) is -2.52. The fourth-order valence-corrected chi connectivity index (χ4v) is 1.26. The van der Waals surface area contributed by atoms with Crippen molar-refractivity contribution in [2.24, 2.45) is 5.73 Å². The second-order valence-electron chi connectivity index (χ2n) is 3.63. The van der Waals surface area contributed by atoms with Crippen LogP contribution < -0.4 is 27.3 Å². The maximum Gasteiger partial charge on any atom is 0.383 e. The lowest BCUT2D eigenvalue weighted by atomic mass is 10.1. The summed E-state index contributed by atoms with van der Waals surface area (Å²) >= 11 is 0. The molecule has 0 amide bonds. The van der Waals surface area contributed by atoms with Crippen molar-refractivity contribution < 1.29 is 40.3 Å². The fourth-order valence-electron chi connectivity index (χ4n) is 1.26. The zero-order valence-corrected chi connectivity index (χ0v) is 11.6. The Labute approximate surface area is 115 Å². The van der Waals surface area contributed by atoms with Crippen LogP contribution >= 0.6 is 0 Å². The largest absolute Gasteiger partial charge is 1.00 e. The maximum atomic E-state index is 13.0. The molecule has 2 N–H and O–H groups in total. The number of carbonyl (C=O) groups excluding carboxylic acids is 2. The molecule has 1 unspecified atom stereocenters. The molecule has 0 aliphatic rings. The van der Waals surface area contributed by atoms with Gasteiger partial charge >= 0.3 is 11.8 Å². The van der Waals surface area contributed by atoms with Crippen molar-refractivity contribution in [3.05, 3.63) is 30.3 Å². The molecular weight excluding hydrogens is 307 g/mol. The molecule has 1 atom stereocenters. The van der Waals surface area contributed by atoms with Crippen molar-refractivity contribution >= 4 is 11.8 Å². The summed E-state index contributed by atoms with van der Waals surface area (Å²) in [7, 11) is 0. The Hall–Kier alpha value is -1.34. The number of pyridine rings is 1. The van der Waals surface area contributed by atoms with Gasteiger partial charge in [-0.3, -0.25) is 10.5 Å². The Bertz CT molecular complexity index is 452. The van der Waals surface area contributed by atoms with E-state index in [1.807, 2.05) is 0 Å². The van der Waals surface area contributed by atoms with Crippen LogP contribution in [0.2, 0.25) is 0 Å². The van der Waals surface area contributed by atoms with E-state index in [-0.39, 0.29) is 23.6 Å². The average molecular weight is 321 g/mol. The van der Waals surface area contributed by atoms with Crippen LogP contribution in [0.4, 0.5) is 4.39 Å². The molecular formula is C11H14BrFN2O3. The molecule has 0 aromatic carbocycles. The number of aromatic nitrogens is 1. The van der Waals surface area contributed by atoms with Crippen LogP contribution in [-0.2, 0) is 20.0 Å². The van der Waals surface area contributed by atoms with Crippen molar-refractivity contribution in [1.29, 1.82) is 0 Å². The summed E-state index contributed by atoms with van der Waals surface area (Å²) in [4.78, 5) is 23.0. The number of carbonyl (C=O) groups is 2. The van der Waals surface area contributed by atoms with Gasteiger partial charge in [0, 0.05) is 13.0 Å². The van der Waals surface area contributed by atoms with Crippen molar-refractivity contribution in [2.75, 3.05) is 6.61 Å². The standard InChI is InChI=1S/C11H14FN2O3.BrH/c1-3-17-10(16)9(15)11(2,13)14-6-4-5-8(12)7-14;/h4-7H,3,13H2,1-2H3;1H/q+1;/p-1. The zero-order valence-electron chi connectivity index (χ0n) is 10.0. The molecule has 0 aliphatic heterocycles. The van der Waals surface area contributed by atoms with Crippen LogP contribution in [0.1, 0.15) is 13.8 Å². The van der Waals surface area contributed by atoms with Gasteiger partial charge in [-0.15, -0.1) is 0 Å². The number of nitrogens with zero attached hydrogens (tertiary/aromatic N) is 1. The minimum Gasteiger partial charge on any atom is -1.00 e. The summed E-state index contributed by atoms with van der Waals surface area (Å²) in [6.07, 6.45) is 2.44. The molecule has 0 saturated carbocycles. The smallest absolute Gasteiger partial charge is 0.383 e. The van der Waals surface area contributed by atoms with Crippen LogP contribution in [-0.4, -0.2) is 18.4 Å². The predicted octanol–water partition coefficient (Wildman–Crippen LogP) is -3.12. The molecule has 1 rings (SSSR count). The van der Waals surface area contributed by atoms with Crippen LogP contribution in [0.15, 0.2) is 24.5 Å². The molecule has 1 aromatic heterocycles. The van der Waals surface area contributed by atoms with E-state index in [9.17, 15) is 14.0 Å². The van der Waals surface area contributed by atoms with Crippen LogP contribution in [0.3, 0.4) is 0 Å². The van der Waals surface area contributed by atoms with E-state index in [1.54, 1.807) is 6.92 Å². The maximum absolute atomic E-state index is 13.0. The predicted molar refractivity (Wildman–Crippen MR) is 56.1 cm³/mol. The van der Waals surface area contributed by atoms with Gasteiger partial charge in [-0.25, -0.2) is 9.18 Å². The van der Waals surface area contributed by atoms with Gasteiger partial charge < -0.3 is 21.7 Å². The van der Waals surface area contributed by atoms with Crippen molar-refractivity contribution in [2.45, 2.75) is 19.5 Å². The van der Waals surface area contributed by atoms with E-state index in [2.05, 4.69) is 4.74 Å². The third-order valence-corrected chi connectivity index (χ3v) is 2.22. The minimum atomic E-state index is -1.67. The molecule has 0 radical (unpaired) electrons. The number of ketones is 1. The Morgan fingerprint density at radius 3 is 2.67 bits per heavy atom. The van der Waals surface area contributed by atoms with E-state index in [4.69, 9.17) is 5.73 Å². The summed E-state index contributed by atoms with van der Waals surface area (Å²) in [5.41, 5.74) is 4.06. The number of nitrogens with two attached hydrogens (primary N) is 1. The third kappa shape index (κ3) is 3.58. The molecule has 1 aromatic rings. The normalized spacial score (nSPS) is 13.1. The van der Waals surface area contributed by atoms with Crippen molar-refractivity contribution in [1.82, 2.24) is 0 Å². The van der Waals surface area contributed by atoms with Gasteiger partial charge in [-0.05, 0) is 13.0 Å². The topological polar surface area (TPSA) is 73.3 Å².